The number of hydrogen-bond acceptors (Lipinski definition) is 11. The average Bonchev–Trinajstić information content (AvgIpc) is 3.36. The second-order valence-electron chi connectivity index (χ2n) is 28.7. The second-order valence-corrected chi connectivity index (χ2v) is 30.4. The van der Waals surface area contributed by atoms with Crippen molar-refractivity contribution in [2.24, 2.45) is 54.1 Å². The molecule has 78 heavy (non-hydrogen) atoms. The van der Waals surface area contributed by atoms with Gasteiger partial charge in [-0.15, -0.1) is 0 Å². The third-order valence-corrected chi connectivity index (χ3v) is 23.9. The molecule has 5 atom stereocenters. The largest absolute Gasteiger partial charge is 0.469 e. The quantitative estimate of drug-likeness (QED) is 0.0400. The molecule has 2 aromatic carbocycles. The fourth-order valence-corrected chi connectivity index (χ4v) is 14.1. The molecule has 0 fully saturated rings. The van der Waals surface area contributed by atoms with Gasteiger partial charge in [-0.25, -0.2) is 0 Å². The summed E-state index contributed by atoms with van der Waals surface area (Å²) in [6.45, 7) is 48.2. The van der Waals surface area contributed by atoms with Crippen molar-refractivity contribution in [3.05, 3.63) is 71.8 Å². The SMILES string of the molecule is CCCCOC(=O)CCSC(C)(C)C(C)(CC(C)(C)C(C)(C)C(C)(C(=O)OC)C(C)(C)C(C)(C)C(CC(C)(C)C(C)(C)C(C)(CC(C)(C)C(C)(C)c1ccccc1)C(=O)OC)c1ccccc1)C(=O)OCCCCC(O)CO. The number of carbonyl (C=O) groups excluding carboxylic acids is 4. The summed E-state index contributed by atoms with van der Waals surface area (Å²) in [4.78, 5) is 58.0. The van der Waals surface area contributed by atoms with Crippen LogP contribution >= 0.6 is 11.8 Å². The lowest BCUT2D eigenvalue weighted by Gasteiger charge is -2.65. The molecule has 0 spiro atoms. The van der Waals surface area contributed by atoms with Gasteiger partial charge in [-0.05, 0) is 140 Å². The zero-order chi connectivity index (χ0) is 60.4. The lowest BCUT2D eigenvalue weighted by molar-refractivity contribution is -0.207. The Morgan fingerprint density at radius 3 is 1.56 bits per heavy atom. The summed E-state index contributed by atoms with van der Waals surface area (Å²) < 4.78 is 22.8. The van der Waals surface area contributed by atoms with Crippen LogP contribution in [0.2, 0.25) is 0 Å². The predicted molar refractivity (Wildman–Crippen MR) is 322 cm³/mol. The molecular formula is C67H112O10S. The first kappa shape index (κ1) is 70.7. The van der Waals surface area contributed by atoms with E-state index in [0.717, 1.165) is 18.4 Å². The van der Waals surface area contributed by atoms with E-state index in [4.69, 9.17) is 18.9 Å². The van der Waals surface area contributed by atoms with E-state index in [1.165, 1.54) is 19.8 Å². The van der Waals surface area contributed by atoms with Gasteiger partial charge in [-0.3, -0.25) is 19.2 Å². The molecule has 2 N–H and O–H groups in total. The highest BCUT2D eigenvalue weighted by atomic mass is 32.2. The minimum atomic E-state index is -1.22. The lowest BCUT2D eigenvalue weighted by Crippen LogP contribution is -2.64. The number of aliphatic hydroxyl groups is 2. The number of carbonyl (C=O) groups is 4. The summed E-state index contributed by atoms with van der Waals surface area (Å²) in [5.74, 6) is -0.972. The molecular weight excluding hydrogens is 997 g/mol. The number of hydrogen-bond donors (Lipinski definition) is 2. The minimum Gasteiger partial charge on any atom is -0.469 e. The van der Waals surface area contributed by atoms with Crippen molar-refractivity contribution in [3.8, 4) is 0 Å². The van der Waals surface area contributed by atoms with Crippen molar-refractivity contribution in [3.63, 3.8) is 0 Å². The standard InChI is InChI=1S/C67H112O10S/c1-25-26-41-76-52(70)40-43-78-64(18,19)66(21,54(72)77-42-34-33-39-50(69)45-68)47-58(6,7)62(14,15)67(22,55(73)75-24)63(16,17)60(10,11)51(48-35-29-27-30-36-48)44-56(2,3)61(12,13)65(20,53(71)74-23)46-57(4,5)59(8,9)49-37-31-28-32-38-49/h27-32,35-38,50-51,68-69H,25-26,33-34,39-47H2,1-24H3. The summed E-state index contributed by atoms with van der Waals surface area (Å²) in [6, 6.07) is 21.1. The minimum absolute atomic E-state index is 0.137. The average molecular weight is 1110 g/mol. The van der Waals surface area contributed by atoms with Gasteiger partial charge in [0.15, 0.2) is 0 Å². The first-order chi connectivity index (χ1) is 35.5. The summed E-state index contributed by atoms with van der Waals surface area (Å²) in [7, 11) is 2.97. The van der Waals surface area contributed by atoms with Gasteiger partial charge >= 0.3 is 23.9 Å². The molecule has 10 nitrogen and oxygen atoms in total. The summed E-state index contributed by atoms with van der Waals surface area (Å²) in [5.41, 5.74) is -6.01. The van der Waals surface area contributed by atoms with Gasteiger partial charge in [0.25, 0.3) is 0 Å². The van der Waals surface area contributed by atoms with Crippen LogP contribution in [0.15, 0.2) is 60.7 Å². The van der Waals surface area contributed by atoms with Crippen LogP contribution in [0, 0.1) is 54.1 Å². The van der Waals surface area contributed by atoms with Crippen LogP contribution in [-0.4, -0.2) is 84.7 Å². The van der Waals surface area contributed by atoms with E-state index in [9.17, 15) is 24.6 Å². The number of unbranched alkanes of at least 4 members (excludes halogenated alkanes) is 2. The van der Waals surface area contributed by atoms with Gasteiger partial charge in [-0.2, -0.15) is 11.8 Å². The Labute approximate surface area is 479 Å². The fourth-order valence-electron chi connectivity index (χ4n) is 12.8. The van der Waals surface area contributed by atoms with E-state index in [0.29, 0.717) is 50.9 Å². The molecule has 0 saturated carbocycles. The number of benzene rings is 2. The monoisotopic (exact) mass is 1110 g/mol. The normalized spacial score (nSPS) is 16.7. The molecule has 5 unspecified atom stereocenters. The zero-order valence-corrected chi connectivity index (χ0v) is 54.5. The fraction of sp³-hybridized carbons (Fsp3) is 0.761. The Bertz CT molecular complexity index is 2240. The molecule has 0 aliphatic carbocycles. The Morgan fingerprint density at radius 2 is 1.06 bits per heavy atom. The summed E-state index contributed by atoms with van der Waals surface area (Å²) in [6.07, 6.45) is 4.06. The summed E-state index contributed by atoms with van der Waals surface area (Å²) in [5, 5.41) is 19.4. The molecule has 0 amide bonds. The molecule has 2 rings (SSSR count). The number of ether oxygens (including phenoxy) is 4. The number of esters is 4. The van der Waals surface area contributed by atoms with Gasteiger partial charge in [0.2, 0.25) is 0 Å². The molecule has 0 bridgehead atoms. The number of thioether (sulfide) groups is 1. The van der Waals surface area contributed by atoms with Crippen LogP contribution in [0.3, 0.4) is 0 Å². The van der Waals surface area contributed by atoms with Crippen molar-refractivity contribution in [2.75, 3.05) is 39.8 Å². The summed E-state index contributed by atoms with van der Waals surface area (Å²) >= 11 is 1.54. The van der Waals surface area contributed by atoms with Gasteiger partial charge in [0.1, 0.15) is 0 Å². The van der Waals surface area contributed by atoms with E-state index in [1.54, 1.807) is 11.8 Å². The van der Waals surface area contributed by atoms with Crippen LogP contribution in [0.25, 0.3) is 0 Å². The Balaban J connectivity index is 2.91. The van der Waals surface area contributed by atoms with Crippen LogP contribution < -0.4 is 0 Å². The Kier molecular flexibility index (Phi) is 24.2. The second kappa shape index (κ2) is 26.7. The maximum atomic E-state index is 15.4. The van der Waals surface area contributed by atoms with E-state index in [1.807, 2.05) is 39.8 Å². The van der Waals surface area contributed by atoms with Gasteiger partial charge in [0, 0.05) is 10.5 Å². The highest BCUT2D eigenvalue weighted by Crippen LogP contribution is 2.71. The van der Waals surface area contributed by atoms with E-state index in [2.05, 4.69) is 173 Å². The topological polar surface area (TPSA) is 146 Å². The molecule has 2 aromatic rings. The zero-order valence-electron chi connectivity index (χ0n) is 53.7. The van der Waals surface area contributed by atoms with Gasteiger partial charge in [-0.1, -0.05) is 185 Å². The van der Waals surface area contributed by atoms with Crippen LogP contribution in [0.1, 0.15) is 227 Å². The lowest BCUT2D eigenvalue weighted by atomic mass is 9.38. The Morgan fingerprint density at radius 1 is 0.564 bits per heavy atom. The molecule has 446 valence electrons. The van der Waals surface area contributed by atoms with E-state index >= 15 is 4.79 Å². The van der Waals surface area contributed by atoms with Crippen LogP contribution in [0.5, 0.6) is 0 Å². The maximum Gasteiger partial charge on any atom is 0.313 e. The van der Waals surface area contributed by atoms with Crippen LogP contribution in [-0.2, 0) is 43.5 Å². The molecule has 0 radical (unpaired) electrons. The van der Waals surface area contributed by atoms with E-state index in [-0.39, 0.29) is 60.3 Å². The third kappa shape index (κ3) is 14.2. The van der Waals surface area contributed by atoms with Crippen molar-refractivity contribution < 1.29 is 48.3 Å². The first-order valence-corrected chi connectivity index (χ1v) is 30.0. The molecule has 0 aromatic heterocycles. The van der Waals surface area contributed by atoms with Gasteiger partial charge in [0.05, 0.1) is 62.8 Å². The molecule has 11 heteroatoms. The number of aliphatic hydroxyl groups excluding tert-OH is 2. The van der Waals surface area contributed by atoms with Crippen molar-refractivity contribution >= 4 is 35.6 Å². The molecule has 0 aliphatic heterocycles. The maximum absolute atomic E-state index is 15.4. The molecule has 0 heterocycles. The predicted octanol–water partition coefficient (Wildman–Crippen LogP) is 15.8. The highest BCUT2D eigenvalue weighted by molar-refractivity contribution is 8.00. The number of methoxy groups -OCH3 is 2. The smallest absolute Gasteiger partial charge is 0.313 e. The van der Waals surface area contributed by atoms with Crippen LogP contribution in [0.4, 0.5) is 0 Å². The van der Waals surface area contributed by atoms with Gasteiger partial charge < -0.3 is 29.2 Å². The number of rotatable bonds is 33. The molecule has 0 aliphatic rings. The van der Waals surface area contributed by atoms with Crippen molar-refractivity contribution in [1.29, 1.82) is 0 Å². The first-order valence-electron chi connectivity index (χ1n) is 29.0. The highest BCUT2D eigenvalue weighted by Gasteiger charge is 2.69. The van der Waals surface area contributed by atoms with Crippen molar-refractivity contribution in [2.45, 2.75) is 232 Å². The Hall–Kier alpha value is -3.41. The molecule has 0 saturated heterocycles. The van der Waals surface area contributed by atoms with E-state index < -0.39 is 59.6 Å². The van der Waals surface area contributed by atoms with Crippen molar-refractivity contribution in [1.82, 2.24) is 0 Å². The third-order valence-electron chi connectivity index (χ3n) is 22.4.